The highest BCUT2D eigenvalue weighted by Crippen LogP contribution is 2.41. The maximum absolute atomic E-state index is 7.02. The fourth-order valence-electron chi connectivity index (χ4n) is 8.84. The van der Waals surface area contributed by atoms with Gasteiger partial charge in [0.05, 0.1) is 11.0 Å². The minimum atomic E-state index is 0.0394. The quantitative estimate of drug-likeness (QED) is 0.126. The summed E-state index contributed by atoms with van der Waals surface area (Å²) >= 11 is 0. The Kier molecular flexibility index (Phi) is 11.3. The first-order chi connectivity index (χ1) is 30.8. The molecule has 0 atom stereocenters. The number of hydrogen-bond acceptors (Lipinski definition) is 1. The minimum Gasteiger partial charge on any atom is -0.292 e. The number of aromatic nitrogens is 2. The fraction of sp³-hybridized carbons (Fsp3) is 0. The third kappa shape index (κ3) is 6.61. The molecule has 9 rings (SSSR count). The van der Waals surface area contributed by atoms with Crippen molar-refractivity contribution in [3.05, 3.63) is 72.8 Å². The maximum Gasteiger partial charge on any atom is 0.144 e. The van der Waals surface area contributed by atoms with E-state index in [9.17, 15) is 0 Å². The zero-order chi connectivity index (χ0) is 46.8. The van der Waals surface area contributed by atoms with Gasteiger partial charge in [-0.15, -0.1) is 54.6 Å². The van der Waals surface area contributed by atoms with E-state index < -0.39 is 0 Å². The number of para-hydroxylation sites is 2. The first-order valence-corrected chi connectivity index (χ1v) is 19.8. The molecule has 0 saturated carbocycles. The lowest BCUT2D eigenvalue weighted by molar-refractivity contribution is 1.11. The van der Waals surface area contributed by atoms with Gasteiger partial charge in [-0.05, 0) is 85.3 Å². The molecule has 65 heavy (non-hydrogen) atoms. The van der Waals surface area contributed by atoms with Crippen LogP contribution < -0.4 is 98.3 Å². The summed E-state index contributed by atoms with van der Waals surface area (Å²) in [4.78, 5) is 4.93. The predicted molar refractivity (Wildman–Crippen MR) is 295 cm³/mol. The Bertz CT molecular complexity index is 3440. The molecule has 2 nitrogen and oxygen atoms in total. The minimum absolute atomic E-state index is 0.0394. The zero-order valence-electron chi connectivity index (χ0n) is 34.7. The second kappa shape index (κ2) is 16.4. The van der Waals surface area contributed by atoms with Gasteiger partial charge in [-0.3, -0.25) is 4.57 Å². The van der Waals surface area contributed by atoms with Gasteiger partial charge < -0.3 is 0 Å². The summed E-state index contributed by atoms with van der Waals surface area (Å²) in [5.41, 5.74) is 6.81. The normalized spacial score (nSPS) is 11.6. The lowest BCUT2D eigenvalue weighted by atomic mass is 9.59. The highest BCUT2D eigenvalue weighted by atomic mass is 15.1. The van der Waals surface area contributed by atoms with E-state index in [1.54, 1.807) is 18.2 Å². The fourth-order valence-corrected chi connectivity index (χ4v) is 8.84. The molecule has 256 valence electrons. The van der Waals surface area contributed by atoms with Crippen LogP contribution >= 0.6 is 0 Å². The predicted octanol–water partition coefficient (Wildman–Crippen LogP) is -9.71. The lowest BCUT2D eigenvalue weighted by Crippen LogP contribution is -2.55. The highest BCUT2D eigenvalue weighted by Gasteiger charge is 2.26. The molecular formula is C45H12B18N2. The molecule has 0 fully saturated rings. The maximum atomic E-state index is 7.02. The van der Waals surface area contributed by atoms with Crippen molar-refractivity contribution in [2.75, 3.05) is 0 Å². The summed E-state index contributed by atoms with van der Waals surface area (Å²) in [5, 5.41) is 1.57. The van der Waals surface area contributed by atoms with E-state index in [1.807, 2.05) is 59.2 Å². The van der Waals surface area contributed by atoms with Gasteiger partial charge in [0.25, 0.3) is 0 Å². The van der Waals surface area contributed by atoms with Crippen molar-refractivity contribution < 1.29 is 0 Å². The van der Waals surface area contributed by atoms with Crippen molar-refractivity contribution in [1.82, 2.24) is 9.55 Å². The van der Waals surface area contributed by atoms with Gasteiger partial charge in [-0.1, -0.05) is 86.2 Å². The Balaban J connectivity index is 1.38. The summed E-state index contributed by atoms with van der Waals surface area (Å²) in [5.74, 6) is 0.364. The van der Waals surface area contributed by atoms with Gasteiger partial charge in [0.1, 0.15) is 147 Å². The van der Waals surface area contributed by atoms with Gasteiger partial charge in [0.2, 0.25) is 0 Å². The number of benzene rings is 8. The van der Waals surface area contributed by atoms with Crippen LogP contribution in [-0.4, -0.2) is 151 Å². The van der Waals surface area contributed by atoms with Crippen molar-refractivity contribution in [2.45, 2.75) is 0 Å². The Labute approximate surface area is 402 Å². The van der Waals surface area contributed by atoms with Crippen molar-refractivity contribution in [2.24, 2.45) is 0 Å². The molecule has 0 spiro atoms. The second-order valence-electron chi connectivity index (χ2n) is 15.8. The summed E-state index contributed by atoms with van der Waals surface area (Å²) in [6.07, 6.45) is 0. The van der Waals surface area contributed by atoms with E-state index in [1.165, 1.54) is 0 Å². The number of nitrogens with zero attached hydrogens (tertiary/aromatic N) is 2. The SMILES string of the molecule is [B]c1c([B])c([B])c(-c2cccc(-c3c4c([B])c([B])c([B])c([B])c4c(-c4ccc(-n5c(-c6c([B])c([B])c([B])c([B])c6[B])nc6ccccc65)cc4)c4c([B])c([B])c([B])c([B])c34)c2)c([B])c1[B]. The van der Waals surface area contributed by atoms with Crippen LogP contribution in [0.3, 0.4) is 0 Å². The average molecular weight is 775 g/mol. The molecule has 0 aliphatic heterocycles. The van der Waals surface area contributed by atoms with Crippen LogP contribution in [0, 0.1) is 0 Å². The van der Waals surface area contributed by atoms with E-state index in [4.69, 9.17) is 146 Å². The molecule has 20 heteroatoms. The summed E-state index contributed by atoms with van der Waals surface area (Å²) in [6, 6.07) is 22.1. The number of fused-ring (bicyclic) bond motifs is 3. The molecular weight excluding hydrogens is 763 g/mol. The van der Waals surface area contributed by atoms with E-state index in [0.29, 0.717) is 77.5 Å². The number of hydrogen-bond donors (Lipinski definition) is 0. The van der Waals surface area contributed by atoms with Crippen molar-refractivity contribution >= 4 is 272 Å². The van der Waals surface area contributed by atoms with Crippen molar-refractivity contribution in [3.8, 4) is 50.5 Å². The topological polar surface area (TPSA) is 17.8 Å². The molecule has 36 radical (unpaired) electrons. The van der Waals surface area contributed by atoms with Crippen LogP contribution in [-0.2, 0) is 0 Å². The van der Waals surface area contributed by atoms with Gasteiger partial charge >= 0.3 is 0 Å². The van der Waals surface area contributed by atoms with Crippen molar-refractivity contribution in [1.29, 1.82) is 0 Å². The molecule has 0 amide bonds. The molecule has 0 bridgehead atoms. The first kappa shape index (κ1) is 45.1. The number of imidazole rings is 1. The largest absolute Gasteiger partial charge is 0.292 e. The van der Waals surface area contributed by atoms with E-state index in [2.05, 4.69) is 0 Å². The van der Waals surface area contributed by atoms with E-state index in [-0.39, 0.29) is 98.3 Å². The highest BCUT2D eigenvalue weighted by molar-refractivity contribution is 6.73. The van der Waals surface area contributed by atoms with Gasteiger partial charge in [-0.2, -0.15) is 0 Å². The van der Waals surface area contributed by atoms with Crippen LogP contribution in [0.4, 0.5) is 0 Å². The molecule has 8 aromatic carbocycles. The molecule has 0 aliphatic carbocycles. The second-order valence-corrected chi connectivity index (χ2v) is 15.8. The van der Waals surface area contributed by atoms with Gasteiger partial charge in [0, 0.05) is 11.3 Å². The van der Waals surface area contributed by atoms with Crippen LogP contribution in [0.1, 0.15) is 0 Å². The first-order valence-electron chi connectivity index (χ1n) is 19.8. The summed E-state index contributed by atoms with van der Waals surface area (Å²) < 4.78 is 1.88. The zero-order valence-corrected chi connectivity index (χ0v) is 34.7. The molecule has 0 unspecified atom stereocenters. The molecule has 0 saturated heterocycles. The average Bonchev–Trinajstić information content (AvgIpc) is 3.69. The molecule has 0 N–H and O–H groups in total. The molecule has 0 aliphatic rings. The van der Waals surface area contributed by atoms with Crippen LogP contribution in [0.15, 0.2) is 72.8 Å². The van der Waals surface area contributed by atoms with Gasteiger partial charge in [-0.25, -0.2) is 4.98 Å². The lowest BCUT2D eigenvalue weighted by Gasteiger charge is -2.29. The van der Waals surface area contributed by atoms with Crippen LogP contribution in [0.25, 0.3) is 83.0 Å². The van der Waals surface area contributed by atoms with Gasteiger partial charge in [0.15, 0.2) is 0 Å². The smallest absolute Gasteiger partial charge is 0.144 e. The Morgan fingerprint density at radius 2 is 0.646 bits per heavy atom. The standard InChI is InChI=1S/C45H12B18N2/c46-27-21(28(47)36(55)43(62)35(27)54)15-5-3-4-14(12-15)20-24-22(29(48)37(56)39(58)31(24)50)19(23-25(20)32(51)40(59)38(57)30(23)49)13-8-10-16(11-9-13)65-18-7-2-1-6-17(18)64-45(65)26-33(52)41(60)44(63)42(61)34(26)53/h1-12H. The van der Waals surface area contributed by atoms with Crippen molar-refractivity contribution in [3.63, 3.8) is 0 Å². The number of rotatable bonds is 5. The molecule has 1 heterocycles. The van der Waals surface area contributed by atoms with E-state index >= 15 is 0 Å². The third-order valence-electron chi connectivity index (χ3n) is 12.4. The third-order valence-corrected chi connectivity index (χ3v) is 12.4. The summed E-state index contributed by atoms with van der Waals surface area (Å²) in [6.45, 7) is 0. The Morgan fingerprint density at radius 3 is 1.09 bits per heavy atom. The van der Waals surface area contributed by atoms with Crippen LogP contribution in [0.5, 0.6) is 0 Å². The Morgan fingerprint density at radius 1 is 0.292 bits per heavy atom. The molecule has 9 aromatic rings. The Hall–Kier alpha value is -5.08. The monoisotopic (exact) mass is 778 g/mol. The molecule has 1 aromatic heterocycles. The summed E-state index contributed by atoms with van der Waals surface area (Å²) in [7, 11) is 118. The van der Waals surface area contributed by atoms with E-state index in [0.717, 1.165) is 5.52 Å². The van der Waals surface area contributed by atoms with Crippen LogP contribution in [0.2, 0.25) is 0 Å².